The molecule has 12 heavy (non-hydrogen) atoms. The third-order valence-corrected chi connectivity index (χ3v) is 1.82. The van der Waals surface area contributed by atoms with Crippen LogP contribution in [0, 0.1) is 5.41 Å². The summed E-state index contributed by atoms with van der Waals surface area (Å²) in [6, 6.07) is 0. The van der Waals surface area contributed by atoms with Gasteiger partial charge in [0.05, 0.1) is 6.61 Å². The number of amidine groups is 1. The van der Waals surface area contributed by atoms with Crippen molar-refractivity contribution < 1.29 is 13.2 Å². The lowest BCUT2D eigenvalue weighted by molar-refractivity contribution is 0.208. The average molecular weight is 192 g/mol. The molecule has 0 aliphatic heterocycles. The molecule has 0 fully saturated rings. The molecule has 5 nitrogen and oxygen atoms in total. The number of nitrogens with zero attached hydrogens (tertiary/aromatic N) is 1. The largest absolute Gasteiger partial charge is 0.384 e. The zero-order chi connectivity index (χ0) is 9.61. The molecule has 6 heteroatoms. The fraction of sp³-hybridized carbons (Fsp3) is 0.667. The number of hydrogen-bond donors (Lipinski definition) is 1. The van der Waals surface area contributed by atoms with E-state index in [9.17, 15) is 8.42 Å². The van der Waals surface area contributed by atoms with Crippen LogP contribution in [0.5, 0.6) is 0 Å². The van der Waals surface area contributed by atoms with Crippen molar-refractivity contribution in [2.45, 2.75) is 6.42 Å². The van der Waals surface area contributed by atoms with Crippen LogP contribution in [-0.4, -0.2) is 39.8 Å². The summed E-state index contributed by atoms with van der Waals surface area (Å²) in [6.45, 7) is 0.473. The lowest BCUT2D eigenvalue weighted by Gasteiger charge is -1.92. The van der Waals surface area contributed by atoms with Gasteiger partial charge in [0.15, 0.2) is 0 Å². The highest BCUT2D eigenvalue weighted by Gasteiger charge is 2.07. The SMILES string of the molecule is COCC/C=N\C(=N)S(C)(=O)=O. The molecule has 0 rings (SSSR count). The Balaban J connectivity index is 3.94. The standard InChI is InChI=1S/C6H12N2O3S/c1-11-5-3-4-8-6(7)12(2,9)10/h4,7H,3,5H2,1-2H3/b7-6?,8-4-. The first-order chi connectivity index (χ1) is 5.48. The smallest absolute Gasteiger partial charge is 0.239 e. The van der Waals surface area contributed by atoms with Gasteiger partial charge in [-0.3, -0.25) is 5.41 Å². The summed E-state index contributed by atoms with van der Waals surface area (Å²) in [4.78, 5) is 3.42. The number of sulfone groups is 1. The highest BCUT2D eigenvalue weighted by atomic mass is 32.2. The monoisotopic (exact) mass is 192 g/mol. The zero-order valence-corrected chi connectivity index (χ0v) is 7.89. The number of ether oxygens (including phenoxy) is 1. The van der Waals surface area contributed by atoms with Crippen molar-refractivity contribution in [2.75, 3.05) is 20.0 Å². The van der Waals surface area contributed by atoms with Gasteiger partial charge in [0, 0.05) is 26.0 Å². The average Bonchev–Trinajstić information content (AvgIpc) is 1.96. The lowest BCUT2D eigenvalue weighted by atomic mass is 10.5. The predicted octanol–water partition coefficient (Wildman–Crippen LogP) is 0.0731. The van der Waals surface area contributed by atoms with Gasteiger partial charge in [-0.2, -0.15) is 0 Å². The van der Waals surface area contributed by atoms with Crippen LogP contribution in [0.1, 0.15) is 6.42 Å². The van der Waals surface area contributed by atoms with Crippen molar-refractivity contribution in [3.8, 4) is 0 Å². The number of methoxy groups -OCH3 is 1. The molecular formula is C6H12N2O3S. The summed E-state index contributed by atoms with van der Waals surface area (Å²) in [5.74, 6) is 0. The van der Waals surface area contributed by atoms with Gasteiger partial charge in [0.25, 0.3) is 0 Å². The van der Waals surface area contributed by atoms with E-state index in [0.717, 1.165) is 6.26 Å². The minimum Gasteiger partial charge on any atom is -0.384 e. The Hall–Kier alpha value is -0.750. The summed E-state index contributed by atoms with van der Waals surface area (Å²) in [6.07, 6.45) is 2.81. The van der Waals surface area contributed by atoms with E-state index in [1.54, 1.807) is 0 Å². The van der Waals surface area contributed by atoms with E-state index in [-0.39, 0.29) is 0 Å². The van der Waals surface area contributed by atoms with Gasteiger partial charge in [-0.05, 0) is 0 Å². The van der Waals surface area contributed by atoms with Crippen molar-refractivity contribution in [1.29, 1.82) is 5.41 Å². The molecule has 0 bridgehead atoms. The normalized spacial score (nSPS) is 12.2. The van der Waals surface area contributed by atoms with Gasteiger partial charge >= 0.3 is 0 Å². The Morgan fingerprint density at radius 1 is 1.67 bits per heavy atom. The molecule has 0 unspecified atom stereocenters. The Kier molecular flexibility index (Phi) is 4.68. The zero-order valence-electron chi connectivity index (χ0n) is 7.07. The molecule has 0 amide bonds. The molecule has 0 saturated carbocycles. The maximum absolute atomic E-state index is 10.6. The second-order valence-electron chi connectivity index (χ2n) is 2.17. The summed E-state index contributed by atoms with van der Waals surface area (Å²) < 4.78 is 25.9. The predicted molar refractivity (Wildman–Crippen MR) is 47.6 cm³/mol. The van der Waals surface area contributed by atoms with E-state index in [4.69, 9.17) is 10.1 Å². The van der Waals surface area contributed by atoms with Crippen LogP contribution in [0.2, 0.25) is 0 Å². The third kappa shape index (κ3) is 4.97. The highest BCUT2D eigenvalue weighted by Crippen LogP contribution is 1.88. The van der Waals surface area contributed by atoms with E-state index in [2.05, 4.69) is 4.99 Å². The number of rotatable bonds is 3. The minimum atomic E-state index is -3.45. The molecule has 1 N–H and O–H groups in total. The van der Waals surface area contributed by atoms with Crippen LogP contribution in [0.4, 0.5) is 0 Å². The molecule has 0 heterocycles. The van der Waals surface area contributed by atoms with Crippen molar-refractivity contribution in [1.82, 2.24) is 0 Å². The molecule has 0 aliphatic carbocycles. The van der Waals surface area contributed by atoms with Crippen LogP contribution < -0.4 is 0 Å². The van der Waals surface area contributed by atoms with Crippen LogP contribution >= 0.6 is 0 Å². The topological polar surface area (TPSA) is 79.6 Å². The van der Waals surface area contributed by atoms with E-state index in [1.807, 2.05) is 0 Å². The molecule has 0 atom stereocenters. The van der Waals surface area contributed by atoms with Crippen LogP contribution in [0.15, 0.2) is 4.99 Å². The maximum Gasteiger partial charge on any atom is 0.239 e. The van der Waals surface area contributed by atoms with E-state index < -0.39 is 15.0 Å². The minimum absolute atomic E-state index is 0.473. The van der Waals surface area contributed by atoms with E-state index in [1.165, 1.54) is 13.3 Å². The molecule has 0 aliphatic rings. The third-order valence-electron chi connectivity index (χ3n) is 1.01. The fourth-order valence-electron chi connectivity index (χ4n) is 0.414. The second kappa shape index (κ2) is 5.00. The van der Waals surface area contributed by atoms with Crippen molar-refractivity contribution >= 4 is 21.2 Å². The second-order valence-corrected chi connectivity index (χ2v) is 4.10. The number of nitrogens with one attached hydrogen (secondary N) is 1. The van der Waals surface area contributed by atoms with E-state index in [0.29, 0.717) is 13.0 Å². The quantitative estimate of drug-likeness (QED) is 0.390. The molecule has 0 aromatic rings. The Bertz CT molecular complexity index is 269. The van der Waals surface area contributed by atoms with E-state index >= 15 is 0 Å². The highest BCUT2D eigenvalue weighted by molar-refractivity contribution is 8.05. The number of aliphatic imine (C=N–C) groups is 1. The summed E-state index contributed by atoms with van der Waals surface area (Å²) in [5, 5.41) is 6.34. The Labute approximate surface area is 71.9 Å². The van der Waals surface area contributed by atoms with Crippen molar-refractivity contribution in [3.63, 3.8) is 0 Å². The van der Waals surface area contributed by atoms with Gasteiger partial charge in [0.1, 0.15) is 0 Å². The lowest BCUT2D eigenvalue weighted by Crippen LogP contribution is -2.08. The van der Waals surface area contributed by atoms with Crippen LogP contribution in [-0.2, 0) is 14.6 Å². The van der Waals surface area contributed by atoms with Gasteiger partial charge in [-0.1, -0.05) is 0 Å². The first kappa shape index (κ1) is 11.2. The Morgan fingerprint density at radius 3 is 2.67 bits per heavy atom. The maximum atomic E-state index is 10.6. The van der Waals surface area contributed by atoms with Crippen LogP contribution in [0.25, 0.3) is 0 Å². The molecule has 0 saturated heterocycles. The fourth-order valence-corrected chi connectivity index (χ4v) is 0.680. The molecule has 0 aromatic heterocycles. The molecule has 70 valence electrons. The van der Waals surface area contributed by atoms with Gasteiger partial charge in [-0.15, -0.1) is 0 Å². The first-order valence-electron chi connectivity index (χ1n) is 3.28. The van der Waals surface area contributed by atoms with Crippen molar-refractivity contribution in [2.24, 2.45) is 4.99 Å². The summed E-state index contributed by atoms with van der Waals surface area (Å²) in [7, 11) is -1.91. The van der Waals surface area contributed by atoms with Gasteiger partial charge in [0.2, 0.25) is 15.0 Å². The van der Waals surface area contributed by atoms with Gasteiger partial charge in [-0.25, -0.2) is 13.4 Å². The molecular weight excluding hydrogens is 180 g/mol. The Morgan fingerprint density at radius 2 is 2.25 bits per heavy atom. The summed E-state index contributed by atoms with van der Waals surface area (Å²) >= 11 is 0. The number of hydrogen-bond acceptors (Lipinski definition) is 4. The van der Waals surface area contributed by atoms with Gasteiger partial charge < -0.3 is 4.74 Å². The van der Waals surface area contributed by atoms with Crippen molar-refractivity contribution in [3.05, 3.63) is 0 Å². The molecule has 0 radical (unpaired) electrons. The molecule has 0 aromatic carbocycles. The first-order valence-corrected chi connectivity index (χ1v) is 5.17. The summed E-state index contributed by atoms with van der Waals surface area (Å²) in [5.41, 5.74) is 0. The molecule has 0 spiro atoms. The van der Waals surface area contributed by atoms with Crippen LogP contribution in [0.3, 0.4) is 0 Å².